The van der Waals surface area contributed by atoms with Crippen molar-refractivity contribution in [3.05, 3.63) is 16.1 Å². The van der Waals surface area contributed by atoms with E-state index in [2.05, 4.69) is 4.90 Å². The van der Waals surface area contributed by atoms with Crippen LogP contribution in [-0.4, -0.2) is 63.5 Å². The Balaban J connectivity index is 1.18. The largest absolute Gasteiger partial charge is 0.433 e. The highest BCUT2D eigenvalue weighted by atomic mass is 32.1. The molecule has 1 aromatic rings. The number of hydrogen-bond acceptors (Lipinski definition) is 6. The van der Waals surface area contributed by atoms with Gasteiger partial charge in [-0.1, -0.05) is 19.3 Å². The molecule has 34 heavy (non-hydrogen) atoms. The van der Waals surface area contributed by atoms with Crippen LogP contribution in [-0.2, 0) is 9.53 Å². The summed E-state index contributed by atoms with van der Waals surface area (Å²) in [5.41, 5.74) is 5.01. The number of primary amides is 1. The average molecular weight is 489 g/mol. The molecule has 4 fully saturated rings. The number of piperidine rings is 1. The maximum atomic E-state index is 13.4. The number of hydrogen-bond donors (Lipinski definition) is 1. The second kappa shape index (κ2) is 9.84. The zero-order valence-electron chi connectivity index (χ0n) is 19.9. The molecule has 0 bridgehead atoms. The highest BCUT2D eigenvalue weighted by Crippen LogP contribution is 2.37. The van der Waals surface area contributed by atoms with Crippen LogP contribution in [0.4, 0.5) is 4.79 Å². The van der Waals surface area contributed by atoms with Crippen molar-refractivity contribution in [1.82, 2.24) is 14.8 Å². The number of carbonyl (C=O) groups excluding carboxylic acids is 3. The number of nitrogens with two attached hydrogens (primary N) is 1. The Hall–Kier alpha value is -2.16. The number of nitrogens with zero attached hydrogens (tertiary/aromatic N) is 3. The van der Waals surface area contributed by atoms with Crippen LogP contribution in [0.15, 0.2) is 5.38 Å². The molecule has 0 spiro atoms. The van der Waals surface area contributed by atoms with Gasteiger partial charge in [0.05, 0.1) is 5.01 Å². The maximum absolute atomic E-state index is 13.4. The van der Waals surface area contributed by atoms with Crippen molar-refractivity contribution in [1.29, 1.82) is 0 Å². The van der Waals surface area contributed by atoms with Gasteiger partial charge in [0.15, 0.2) is 5.60 Å². The van der Waals surface area contributed by atoms with Gasteiger partial charge in [0, 0.05) is 36.5 Å². The number of amides is 3. The highest BCUT2D eigenvalue weighted by Gasteiger charge is 2.45. The third-order valence-electron chi connectivity index (χ3n) is 8.13. The number of thiazole rings is 1. The molecule has 1 aromatic heterocycles. The number of aromatic nitrogens is 1. The Labute approximate surface area is 205 Å². The monoisotopic (exact) mass is 488 g/mol. The van der Waals surface area contributed by atoms with Crippen LogP contribution in [0.25, 0.3) is 0 Å². The lowest BCUT2D eigenvalue weighted by Gasteiger charge is -2.34. The summed E-state index contributed by atoms with van der Waals surface area (Å²) in [5.74, 6) is -0.204. The summed E-state index contributed by atoms with van der Waals surface area (Å²) in [4.78, 5) is 46.6. The molecule has 8 nitrogen and oxygen atoms in total. The third-order valence-corrected chi connectivity index (χ3v) is 9.14. The van der Waals surface area contributed by atoms with Gasteiger partial charge in [0.25, 0.3) is 11.8 Å². The highest BCUT2D eigenvalue weighted by molar-refractivity contribution is 7.09. The Kier molecular flexibility index (Phi) is 6.82. The molecule has 2 N–H and O–H groups in total. The van der Waals surface area contributed by atoms with Crippen molar-refractivity contribution < 1.29 is 19.1 Å². The second-order valence-corrected chi connectivity index (χ2v) is 11.4. The minimum absolute atomic E-state index is 0.103. The van der Waals surface area contributed by atoms with Gasteiger partial charge in [0.2, 0.25) is 0 Å². The predicted molar refractivity (Wildman–Crippen MR) is 129 cm³/mol. The summed E-state index contributed by atoms with van der Waals surface area (Å²) < 4.78 is 5.64. The van der Waals surface area contributed by atoms with E-state index in [0.717, 1.165) is 56.4 Å². The summed E-state index contributed by atoms with van der Waals surface area (Å²) in [5, 5.41) is 2.91. The van der Waals surface area contributed by atoms with Gasteiger partial charge in [-0.2, -0.15) is 0 Å². The smallest absolute Gasteiger partial charge is 0.410 e. The van der Waals surface area contributed by atoms with Gasteiger partial charge in [-0.15, -0.1) is 11.3 Å². The van der Waals surface area contributed by atoms with Crippen LogP contribution in [0.2, 0.25) is 0 Å². The second-order valence-electron chi connectivity index (χ2n) is 10.5. The lowest BCUT2D eigenvalue weighted by molar-refractivity contribution is -0.137. The van der Waals surface area contributed by atoms with Crippen molar-refractivity contribution in [3.8, 4) is 0 Å². The van der Waals surface area contributed by atoms with Crippen LogP contribution in [0.1, 0.15) is 105 Å². The molecule has 3 saturated carbocycles. The van der Waals surface area contributed by atoms with Crippen molar-refractivity contribution in [2.24, 2.45) is 5.73 Å². The predicted octanol–water partition coefficient (Wildman–Crippen LogP) is 4.19. The first-order chi connectivity index (χ1) is 16.5. The number of rotatable bonds is 6. The summed E-state index contributed by atoms with van der Waals surface area (Å²) in [6.07, 6.45) is 12.0. The first-order valence-corrected chi connectivity index (χ1v) is 13.9. The van der Waals surface area contributed by atoms with Gasteiger partial charge in [-0.05, 0) is 64.2 Å². The molecular formula is C25H36N4O4S. The van der Waals surface area contributed by atoms with Crippen LogP contribution >= 0.6 is 11.3 Å². The van der Waals surface area contributed by atoms with Gasteiger partial charge in [0.1, 0.15) is 5.69 Å². The zero-order chi connectivity index (χ0) is 23.7. The summed E-state index contributed by atoms with van der Waals surface area (Å²) in [6, 6.07) is 0.773. The number of carbonyl (C=O) groups is 3. The lowest BCUT2D eigenvalue weighted by Crippen LogP contribution is -2.49. The summed E-state index contributed by atoms with van der Waals surface area (Å²) in [6.45, 7) is 1.11. The minimum Gasteiger partial charge on any atom is -0.433 e. The Morgan fingerprint density at radius 1 is 0.971 bits per heavy atom. The molecule has 5 rings (SSSR count). The summed E-state index contributed by atoms with van der Waals surface area (Å²) in [7, 11) is 0. The molecule has 0 aromatic carbocycles. The van der Waals surface area contributed by atoms with E-state index in [9.17, 15) is 14.4 Å². The Bertz CT molecular complexity index is 910. The van der Waals surface area contributed by atoms with E-state index in [0.29, 0.717) is 43.7 Å². The molecule has 1 saturated heterocycles. The quantitative estimate of drug-likeness (QED) is 0.646. The molecule has 4 aliphatic rings. The molecule has 3 aliphatic carbocycles. The van der Waals surface area contributed by atoms with Crippen molar-refractivity contribution >= 4 is 29.2 Å². The van der Waals surface area contributed by atoms with E-state index in [1.54, 1.807) is 16.2 Å². The fraction of sp³-hybridized carbons (Fsp3) is 0.760. The van der Waals surface area contributed by atoms with E-state index in [4.69, 9.17) is 15.5 Å². The Morgan fingerprint density at radius 2 is 1.62 bits per heavy atom. The minimum atomic E-state index is -1.13. The van der Waals surface area contributed by atoms with Gasteiger partial charge in [-0.25, -0.2) is 9.78 Å². The standard InChI is InChI=1S/C25H36N4O4S/c26-23(31)25(12-4-5-13-25)33-24(32)28-14-10-17(11-15-28)21-27-20(16-34-21)22(30)29(19-8-9-19)18-6-2-1-3-7-18/h16-19H,1-15H2,(H2,26,31). The average Bonchev–Trinajstić information content (AvgIpc) is 3.34. The van der Waals surface area contributed by atoms with Crippen molar-refractivity contribution in [2.45, 2.75) is 107 Å². The van der Waals surface area contributed by atoms with Crippen molar-refractivity contribution in [2.75, 3.05) is 13.1 Å². The normalized spacial score (nSPS) is 23.6. The van der Waals surface area contributed by atoms with Gasteiger partial charge >= 0.3 is 6.09 Å². The number of likely N-dealkylation sites (tertiary alicyclic amines) is 1. The SMILES string of the molecule is NC(=O)C1(OC(=O)N2CCC(c3nc(C(=O)N(C4CCCCC4)C4CC4)cs3)CC2)CCCC1. The van der Waals surface area contributed by atoms with Crippen molar-refractivity contribution in [3.63, 3.8) is 0 Å². The van der Waals surface area contributed by atoms with E-state index in [1.807, 2.05) is 5.38 Å². The first-order valence-electron chi connectivity index (χ1n) is 13.0. The fourth-order valence-corrected chi connectivity index (χ4v) is 6.90. The van der Waals surface area contributed by atoms with Gasteiger partial charge in [-0.3, -0.25) is 9.59 Å². The van der Waals surface area contributed by atoms with Crippen LogP contribution in [0.5, 0.6) is 0 Å². The lowest BCUT2D eigenvalue weighted by atomic mass is 9.94. The molecule has 3 amide bonds. The van der Waals surface area contributed by atoms with Crippen LogP contribution in [0.3, 0.4) is 0 Å². The molecular weight excluding hydrogens is 452 g/mol. The molecule has 2 heterocycles. The van der Waals surface area contributed by atoms with E-state index < -0.39 is 17.6 Å². The molecule has 186 valence electrons. The third kappa shape index (κ3) is 4.81. The van der Waals surface area contributed by atoms with Crippen LogP contribution in [0, 0.1) is 0 Å². The van der Waals surface area contributed by atoms with E-state index in [-0.39, 0.29) is 11.8 Å². The molecule has 0 unspecified atom stereocenters. The van der Waals surface area contributed by atoms with E-state index >= 15 is 0 Å². The maximum Gasteiger partial charge on any atom is 0.410 e. The number of ether oxygens (including phenoxy) is 1. The zero-order valence-corrected chi connectivity index (χ0v) is 20.7. The topological polar surface area (TPSA) is 106 Å². The fourth-order valence-electron chi connectivity index (χ4n) is 5.93. The van der Waals surface area contributed by atoms with Crippen LogP contribution < -0.4 is 5.73 Å². The van der Waals surface area contributed by atoms with Gasteiger partial charge < -0.3 is 20.3 Å². The molecule has 1 aliphatic heterocycles. The molecule has 9 heteroatoms. The molecule has 0 radical (unpaired) electrons. The first kappa shape index (κ1) is 23.6. The molecule has 0 atom stereocenters. The summed E-state index contributed by atoms with van der Waals surface area (Å²) >= 11 is 1.57. The Morgan fingerprint density at radius 3 is 2.24 bits per heavy atom. The van der Waals surface area contributed by atoms with E-state index in [1.165, 1.54) is 19.3 Å².